The van der Waals surface area contributed by atoms with Crippen molar-refractivity contribution in [1.82, 2.24) is 10.6 Å². The predicted octanol–water partition coefficient (Wildman–Crippen LogP) is 3.63. The maximum absolute atomic E-state index is 11.4. The zero-order valence-electron chi connectivity index (χ0n) is 13.8. The Morgan fingerprint density at radius 3 is 2.15 bits per heavy atom. The maximum Gasteiger partial charge on any atom is 0.407 e. The van der Waals surface area contributed by atoms with Gasteiger partial charge in [0.25, 0.3) is 0 Å². The highest BCUT2D eigenvalue weighted by Gasteiger charge is 2.14. The van der Waals surface area contributed by atoms with Gasteiger partial charge in [-0.2, -0.15) is 0 Å². The molecule has 0 aliphatic rings. The molecule has 0 aliphatic heterocycles. The van der Waals surface area contributed by atoms with Gasteiger partial charge in [-0.1, -0.05) is 38.8 Å². The molecule has 0 aromatic rings. The summed E-state index contributed by atoms with van der Waals surface area (Å²) in [6, 6.07) is 0.605. The van der Waals surface area contributed by atoms with Crippen LogP contribution in [0.15, 0.2) is 12.2 Å². The topological polar surface area (TPSA) is 50.4 Å². The molecule has 118 valence electrons. The second-order valence-corrected chi connectivity index (χ2v) is 6.04. The van der Waals surface area contributed by atoms with Gasteiger partial charge < -0.3 is 15.4 Å². The predicted molar refractivity (Wildman–Crippen MR) is 85.0 cm³/mol. The van der Waals surface area contributed by atoms with Crippen molar-refractivity contribution in [3.63, 3.8) is 0 Å². The summed E-state index contributed by atoms with van der Waals surface area (Å²) < 4.78 is 5.15. The van der Waals surface area contributed by atoms with E-state index >= 15 is 0 Å². The molecule has 0 bridgehead atoms. The van der Waals surface area contributed by atoms with Crippen LogP contribution < -0.4 is 10.6 Å². The van der Waals surface area contributed by atoms with E-state index in [9.17, 15) is 4.79 Å². The highest BCUT2D eigenvalue weighted by molar-refractivity contribution is 5.67. The molecule has 0 aliphatic carbocycles. The van der Waals surface area contributed by atoms with Crippen molar-refractivity contribution in [1.29, 1.82) is 0 Å². The first-order valence-corrected chi connectivity index (χ1v) is 7.74. The zero-order chi connectivity index (χ0) is 15.4. The third kappa shape index (κ3) is 12.0. The summed E-state index contributed by atoms with van der Waals surface area (Å²) in [5, 5.41) is 6.22. The summed E-state index contributed by atoms with van der Waals surface area (Å²) in [5.41, 5.74) is -0.442. The fourth-order valence-corrected chi connectivity index (χ4v) is 1.90. The van der Waals surface area contributed by atoms with Crippen LogP contribution in [0.25, 0.3) is 0 Å². The van der Waals surface area contributed by atoms with Crippen molar-refractivity contribution in [2.45, 2.75) is 71.9 Å². The van der Waals surface area contributed by atoms with Gasteiger partial charge in [0.1, 0.15) is 5.60 Å². The van der Waals surface area contributed by atoms with Gasteiger partial charge in [-0.15, -0.1) is 0 Å². The molecule has 1 amide bonds. The molecule has 0 aromatic carbocycles. The lowest BCUT2D eigenvalue weighted by Gasteiger charge is -2.19. The Balaban J connectivity index is 3.73. The molecule has 4 heteroatoms. The van der Waals surface area contributed by atoms with Crippen LogP contribution in [0.3, 0.4) is 0 Å². The molecule has 0 radical (unpaired) electrons. The highest BCUT2D eigenvalue weighted by atomic mass is 16.6. The zero-order valence-corrected chi connectivity index (χ0v) is 13.8. The minimum absolute atomic E-state index is 0.370. The smallest absolute Gasteiger partial charge is 0.407 e. The minimum Gasteiger partial charge on any atom is -0.444 e. The summed E-state index contributed by atoms with van der Waals surface area (Å²) in [6.45, 7) is 11.3. The van der Waals surface area contributed by atoms with Gasteiger partial charge in [-0.25, -0.2) is 4.79 Å². The van der Waals surface area contributed by atoms with Crippen molar-refractivity contribution in [2.24, 2.45) is 0 Å². The molecular weight excluding hydrogens is 252 g/mol. The highest BCUT2D eigenvalue weighted by Crippen LogP contribution is 2.06. The number of rotatable bonds is 9. The fourth-order valence-electron chi connectivity index (χ4n) is 1.90. The van der Waals surface area contributed by atoms with E-state index in [1.165, 1.54) is 25.7 Å². The van der Waals surface area contributed by atoms with Crippen LogP contribution >= 0.6 is 0 Å². The molecule has 0 rings (SSSR count). The average molecular weight is 284 g/mol. The van der Waals surface area contributed by atoms with Crippen LogP contribution in [0.1, 0.15) is 60.3 Å². The van der Waals surface area contributed by atoms with Gasteiger partial charge in [0.05, 0.1) is 0 Å². The molecule has 0 spiro atoms. The monoisotopic (exact) mass is 284 g/mol. The number of carbonyl (C=O) groups is 1. The third-order valence-corrected chi connectivity index (χ3v) is 2.73. The van der Waals surface area contributed by atoms with E-state index in [1.807, 2.05) is 26.8 Å². The van der Waals surface area contributed by atoms with Crippen molar-refractivity contribution in [3.8, 4) is 0 Å². The Bertz CT molecular complexity index is 277. The standard InChI is InChI=1S/C16H32N2O2/c1-6-10-14(11-7-2)17-12-8-9-13-18-15(19)20-16(3,4)5/h8-9,14,17H,6-7,10-13H2,1-5H3,(H,18,19)/b9-8+. The molecule has 0 fully saturated rings. The van der Waals surface area contributed by atoms with E-state index in [1.54, 1.807) is 0 Å². The minimum atomic E-state index is -0.442. The SMILES string of the molecule is CCCC(CCC)NC/C=C/CNC(=O)OC(C)(C)C. The van der Waals surface area contributed by atoms with E-state index in [0.29, 0.717) is 12.6 Å². The van der Waals surface area contributed by atoms with Crippen molar-refractivity contribution in [2.75, 3.05) is 13.1 Å². The number of hydrogen-bond acceptors (Lipinski definition) is 3. The lowest BCUT2D eigenvalue weighted by Crippen LogP contribution is -2.32. The molecular formula is C16H32N2O2. The maximum atomic E-state index is 11.4. The Labute approximate surface area is 124 Å². The lowest BCUT2D eigenvalue weighted by molar-refractivity contribution is 0.0534. The summed E-state index contributed by atoms with van der Waals surface area (Å²) in [4.78, 5) is 11.4. The Kier molecular flexibility index (Phi) is 10.2. The van der Waals surface area contributed by atoms with Crippen LogP contribution in [0.5, 0.6) is 0 Å². The van der Waals surface area contributed by atoms with Gasteiger partial charge in [0.2, 0.25) is 0 Å². The molecule has 20 heavy (non-hydrogen) atoms. The van der Waals surface area contributed by atoms with Crippen LogP contribution in [0.4, 0.5) is 4.79 Å². The molecule has 0 aromatic heterocycles. The molecule has 0 heterocycles. The first-order chi connectivity index (χ1) is 9.39. The Hall–Kier alpha value is -1.03. The molecule has 2 N–H and O–H groups in total. The van der Waals surface area contributed by atoms with Crippen LogP contribution in [-0.4, -0.2) is 30.8 Å². The summed E-state index contributed by atoms with van der Waals surface area (Å²) in [5.74, 6) is 0. The van der Waals surface area contributed by atoms with Crippen LogP contribution in [0, 0.1) is 0 Å². The second-order valence-electron chi connectivity index (χ2n) is 6.04. The van der Waals surface area contributed by atoms with Gasteiger partial charge in [0, 0.05) is 19.1 Å². The van der Waals surface area contributed by atoms with Gasteiger partial charge in [-0.3, -0.25) is 0 Å². The van der Waals surface area contributed by atoms with Gasteiger partial charge in [-0.05, 0) is 33.6 Å². The summed E-state index contributed by atoms with van der Waals surface area (Å²) in [6.07, 6.45) is 8.49. The van der Waals surface area contributed by atoms with Crippen molar-refractivity contribution in [3.05, 3.63) is 12.2 Å². The van der Waals surface area contributed by atoms with E-state index in [0.717, 1.165) is 6.54 Å². The molecule has 0 saturated carbocycles. The molecule has 4 nitrogen and oxygen atoms in total. The Morgan fingerprint density at radius 2 is 1.65 bits per heavy atom. The average Bonchev–Trinajstić information content (AvgIpc) is 2.31. The number of amides is 1. The molecule has 0 saturated heterocycles. The number of carbonyl (C=O) groups excluding carboxylic acids is 1. The van der Waals surface area contributed by atoms with Crippen molar-refractivity contribution >= 4 is 6.09 Å². The van der Waals surface area contributed by atoms with E-state index in [2.05, 4.69) is 30.6 Å². The first-order valence-electron chi connectivity index (χ1n) is 7.74. The van der Waals surface area contributed by atoms with E-state index in [-0.39, 0.29) is 6.09 Å². The Morgan fingerprint density at radius 1 is 1.10 bits per heavy atom. The molecule has 0 atom stereocenters. The normalized spacial score (nSPS) is 12.1. The van der Waals surface area contributed by atoms with Crippen LogP contribution in [0.2, 0.25) is 0 Å². The number of nitrogens with one attached hydrogen (secondary N) is 2. The largest absolute Gasteiger partial charge is 0.444 e. The number of hydrogen-bond donors (Lipinski definition) is 2. The molecule has 0 unspecified atom stereocenters. The van der Waals surface area contributed by atoms with Crippen LogP contribution in [-0.2, 0) is 4.74 Å². The third-order valence-electron chi connectivity index (χ3n) is 2.73. The fraction of sp³-hybridized carbons (Fsp3) is 0.812. The quantitative estimate of drug-likeness (QED) is 0.636. The summed E-state index contributed by atoms with van der Waals surface area (Å²) >= 11 is 0. The van der Waals surface area contributed by atoms with E-state index in [4.69, 9.17) is 4.74 Å². The first kappa shape index (κ1) is 19.0. The van der Waals surface area contributed by atoms with Crippen molar-refractivity contribution < 1.29 is 9.53 Å². The lowest BCUT2D eigenvalue weighted by atomic mass is 10.1. The van der Waals surface area contributed by atoms with E-state index < -0.39 is 5.60 Å². The number of ether oxygens (including phenoxy) is 1. The summed E-state index contributed by atoms with van der Waals surface area (Å²) in [7, 11) is 0. The van der Waals surface area contributed by atoms with Gasteiger partial charge >= 0.3 is 6.09 Å². The number of alkyl carbamates (subject to hydrolysis) is 1. The van der Waals surface area contributed by atoms with Gasteiger partial charge in [0.15, 0.2) is 0 Å². The second kappa shape index (κ2) is 10.7.